The summed E-state index contributed by atoms with van der Waals surface area (Å²) in [4.78, 5) is 7.41. The predicted octanol–water partition coefficient (Wildman–Crippen LogP) is 4.50. The van der Waals surface area contributed by atoms with Gasteiger partial charge in [-0.15, -0.1) is 0 Å². The largest absolute Gasteiger partial charge is 0.369 e. The maximum Gasteiger partial charge on any atom is 0.263 e. The van der Waals surface area contributed by atoms with Crippen molar-refractivity contribution >= 4 is 5.69 Å². The van der Waals surface area contributed by atoms with Crippen molar-refractivity contribution in [2.24, 2.45) is 11.8 Å². The van der Waals surface area contributed by atoms with Gasteiger partial charge in [0.15, 0.2) is 0 Å². The van der Waals surface area contributed by atoms with Gasteiger partial charge in [0.1, 0.15) is 0 Å². The van der Waals surface area contributed by atoms with Crippen LogP contribution in [0, 0.1) is 11.8 Å². The van der Waals surface area contributed by atoms with Gasteiger partial charge in [-0.3, -0.25) is 4.90 Å². The van der Waals surface area contributed by atoms with E-state index in [1.165, 1.54) is 51.5 Å². The second-order valence-corrected chi connectivity index (χ2v) is 8.65. The first-order valence-electron chi connectivity index (χ1n) is 10.6. The smallest absolute Gasteiger partial charge is 0.263 e. The van der Waals surface area contributed by atoms with Gasteiger partial charge in [0.25, 0.3) is 6.43 Å². The predicted molar refractivity (Wildman–Crippen MR) is 109 cm³/mol. The van der Waals surface area contributed by atoms with Crippen LogP contribution >= 0.6 is 0 Å². The maximum absolute atomic E-state index is 12.9. The molecule has 27 heavy (non-hydrogen) atoms. The number of piperidine rings is 1. The van der Waals surface area contributed by atoms with Gasteiger partial charge in [0, 0.05) is 44.0 Å². The molecule has 3 rings (SSSR count). The van der Waals surface area contributed by atoms with Gasteiger partial charge < -0.3 is 9.80 Å². The van der Waals surface area contributed by atoms with E-state index in [9.17, 15) is 8.78 Å². The molecule has 2 aliphatic rings. The minimum Gasteiger partial charge on any atom is -0.369 e. The zero-order chi connectivity index (χ0) is 19.2. The second kappa shape index (κ2) is 9.83. The summed E-state index contributed by atoms with van der Waals surface area (Å²) in [5.74, 6) is 1.63. The molecule has 0 N–H and O–H groups in total. The maximum atomic E-state index is 12.9. The number of likely N-dealkylation sites (tertiary alicyclic amines) is 1. The fraction of sp³-hybridized carbons (Fsp3) is 0.727. The Labute approximate surface area is 163 Å². The lowest BCUT2D eigenvalue weighted by atomic mass is 9.93. The van der Waals surface area contributed by atoms with Crippen LogP contribution in [0.25, 0.3) is 0 Å². The number of alkyl halides is 2. The number of rotatable bonds is 7. The van der Waals surface area contributed by atoms with Gasteiger partial charge in [0.2, 0.25) is 0 Å². The summed E-state index contributed by atoms with van der Waals surface area (Å²) in [5, 5.41) is 0. The third-order valence-corrected chi connectivity index (χ3v) is 6.04. The van der Waals surface area contributed by atoms with E-state index < -0.39 is 6.43 Å². The van der Waals surface area contributed by atoms with Crippen molar-refractivity contribution in [1.82, 2.24) is 9.80 Å². The van der Waals surface area contributed by atoms with Crippen LogP contribution < -0.4 is 4.90 Å². The number of nitrogens with zero attached hydrogens (tertiary/aromatic N) is 3. The Kier molecular flexibility index (Phi) is 7.48. The third kappa shape index (κ3) is 6.15. The topological polar surface area (TPSA) is 9.72 Å². The van der Waals surface area contributed by atoms with Crippen LogP contribution in [-0.4, -0.2) is 62.2 Å². The van der Waals surface area contributed by atoms with E-state index in [0.717, 1.165) is 43.7 Å². The van der Waals surface area contributed by atoms with Gasteiger partial charge >= 0.3 is 0 Å². The molecule has 0 spiro atoms. The van der Waals surface area contributed by atoms with Crippen molar-refractivity contribution in [3.05, 3.63) is 29.8 Å². The van der Waals surface area contributed by atoms with E-state index in [1.807, 2.05) is 6.07 Å². The standard InChI is InChI=1S/C22H35F2N3/c1-18(2)17-26-10-7-19(8-11-26)6-9-25-12-14-27(15-13-25)21-5-3-4-20(16-21)22(23)24/h3-5,16,18-19,22H,6-15,17H2,1-2H3. The number of anilines is 1. The molecule has 0 aromatic heterocycles. The molecule has 0 bridgehead atoms. The lowest BCUT2D eigenvalue weighted by Gasteiger charge is -2.38. The van der Waals surface area contributed by atoms with Crippen molar-refractivity contribution in [2.45, 2.75) is 39.5 Å². The van der Waals surface area contributed by atoms with E-state index in [-0.39, 0.29) is 5.56 Å². The van der Waals surface area contributed by atoms with E-state index in [2.05, 4.69) is 28.5 Å². The van der Waals surface area contributed by atoms with Crippen LogP contribution in [0.2, 0.25) is 0 Å². The van der Waals surface area contributed by atoms with Crippen LogP contribution in [0.15, 0.2) is 24.3 Å². The average Bonchev–Trinajstić information content (AvgIpc) is 2.67. The van der Waals surface area contributed by atoms with Crippen molar-refractivity contribution in [1.29, 1.82) is 0 Å². The Morgan fingerprint density at radius 3 is 2.30 bits per heavy atom. The van der Waals surface area contributed by atoms with Crippen molar-refractivity contribution < 1.29 is 8.78 Å². The molecule has 1 aromatic rings. The molecule has 5 heteroatoms. The number of halogens is 2. The molecule has 152 valence electrons. The Morgan fingerprint density at radius 1 is 0.963 bits per heavy atom. The third-order valence-electron chi connectivity index (χ3n) is 6.04. The summed E-state index contributed by atoms with van der Waals surface area (Å²) >= 11 is 0. The fourth-order valence-corrected chi connectivity index (χ4v) is 4.43. The van der Waals surface area contributed by atoms with Crippen LogP contribution in [-0.2, 0) is 0 Å². The minimum absolute atomic E-state index is 0.124. The minimum atomic E-state index is -2.39. The van der Waals surface area contributed by atoms with Crippen LogP contribution in [0.3, 0.4) is 0 Å². The molecule has 2 heterocycles. The number of benzene rings is 1. The Morgan fingerprint density at radius 2 is 1.67 bits per heavy atom. The lowest BCUT2D eigenvalue weighted by molar-refractivity contribution is 0.149. The molecular weight excluding hydrogens is 344 g/mol. The molecule has 2 aliphatic heterocycles. The second-order valence-electron chi connectivity index (χ2n) is 8.65. The summed E-state index contributed by atoms with van der Waals surface area (Å²) in [6.07, 6.45) is 1.59. The first-order valence-corrected chi connectivity index (χ1v) is 10.6. The van der Waals surface area contributed by atoms with E-state index in [4.69, 9.17) is 0 Å². The summed E-state index contributed by atoms with van der Waals surface area (Å²) in [7, 11) is 0. The molecule has 0 radical (unpaired) electrons. The highest BCUT2D eigenvalue weighted by molar-refractivity contribution is 5.49. The van der Waals surface area contributed by atoms with Crippen LogP contribution in [0.5, 0.6) is 0 Å². The first-order chi connectivity index (χ1) is 13.0. The highest BCUT2D eigenvalue weighted by Crippen LogP contribution is 2.25. The number of piperazine rings is 1. The fourth-order valence-electron chi connectivity index (χ4n) is 4.43. The Balaban J connectivity index is 1.37. The van der Waals surface area contributed by atoms with E-state index in [1.54, 1.807) is 12.1 Å². The molecule has 1 aromatic carbocycles. The summed E-state index contributed by atoms with van der Waals surface area (Å²) < 4.78 is 25.8. The average molecular weight is 380 g/mol. The van der Waals surface area contributed by atoms with Gasteiger partial charge in [-0.05, 0) is 62.9 Å². The van der Waals surface area contributed by atoms with Crippen LogP contribution in [0.4, 0.5) is 14.5 Å². The highest BCUT2D eigenvalue weighted by atomic mass is 19.3. The molecular formula is C22H35F2N3. The van der Waals surface area contributed by atoms with Crippen molar-refractivity contribution in [3.63, 3.8) is 0 Å². The van der Waals surface area contributed by atoms with Gasteiger partial charge in [-0.2, -0.15) is 0 Å². The molecule has 0 atom stereocenters. The molecule has 0 aliphatic carbocycles. The Bertz CT molecular complexity index is 562. The van der Waals surface area contributed by atoms with Crippen LogP contribution in [0.1, 0.15) is 45.1 Å². The number of hydrogen-bond donors (Lipinski definition) is 0. The molecule has 0 unspecified atom stereocenters. The molecule has 0 saturated carbocycles. The summed E-state index contributed by atoms with van der Waals surface area (Å²) in [5.41, 5.74) is 1.06. The van der Waals surface area contributed by atoms with Gasteiger partial charge in [0.05, 0.1) is 0 Å². The monoisotopic (exact) mass is 379 g/mol. The highest BCUT2D eigenvalue weighted by Gasteiger charge is 2.22. The van der Waals surface area contributed by atoms with E-state index in [0.29, 0.717) is 0 Å². The normalized spacial score (nSPS) is 20.7. The van der Waals surface area contributed by atoms with E-state index >= 15 is 0 Å². The molecule has 3 nitrogen and oxygen atoms in total. The SMILES string of the molecule is CC(C)CN1CCC(CCN2CCN(c3cccc(C(F)F)c3)CC2)CC1. The molecule has 0 amide bonds. The molecule has 2 saturated heterocycles. The summed E-state index contributed by atoms with van der Waals surface area (Å²) in [6.45, 7) is 13.5. The zero-order valence-corrected chi connectivity index (χ0v) is 16.9. The zero-order valence-electron chi connectivity index (χ0n) is 16.9. The van der Waals surface area contributed by atoms with Crippen molar-refractivity contribution in [2.75, 3.05) is 57.3 Å². The van der Waals surface area contributed by atoms with Gasteiger partial charge in [-0.25, -0.2) is 8.78 Å². The lowest BCUT2D eigenvalue weighted by Crippen LogP contribution is -2.47. The van der Waals surface area contributed by atoms with Gasteiger partial charge in [-0.1, -0.05) is 26.0 Å². The van der Waals surface area contributed by atoms with Crippen molar-refractivity contribution in [3.8, 4) is 0 Å². The first kappa shape index (κ1) is 20.5. The number of hydrogen-bond acceptors (Lipinski definition) is 3. The summed E-state index contributed by atoms with van der Waals surface area (Å²) in [6, 6.07) is 6.85. The Hall–Kier alpha value is -1.20. The molecule has 2 fully saturated rings. The quantitative estimate of drug-likeness (QED) is 0.690.